The predicted octanol–water partition coefficient (Wildman–Crippen LogP) is 1.13. The highest BCUT2D eigenvalue weighted by molar-refractivity contribution is 5.65. The highest BCUT2D eigenvalue weighted by Crippen LogP contribution is 2.24. The van der Waals surface area contributed by atoms with Gasteiger partial charge in [0.2, 0.25) is 0 Å². The molecule has 1 fully saturated rings. The smallest absolute Gasteiger partial charge is 0.151 e. The molecule has 0 aromatic heterocycles. The van der Waals surface area contributed by atoms with Gasteiger partial charge in [0.05, 0.1) is 5.69 Å². The molecular weight excluding hydrogens is 174 g/mol. The van der Waals surface area contributed by atoms with Crippen LogP contribution in [0, 0.1) is 0 Å². The first-order valence-corrected chi connectivity index (χ1v) is 5.24. The zero-order chi connectivity index (χ0) is 9.97. The van der Waals surface area contributed by atoms with Crippen molar-refractivity contribution >= 4 is 17.1 Å². The van der Waals surface area contributed by atoms with Gasteiger partial charge in [-0.3, -0.25) is 0 Å². The molecule has 14 heavy (non-hydrogen) atoms. The first-order chi connectivity index (χ1) is 6.77. The lowest BCUT2D eigenvalue weighted by Crippen LogP contribution is -2.41. The van der Waals surface area contributed by atoms with Crippen molar-refractivity contribution in [3.05, 3.63) is 18.2 Å². The van der Waals surface area contributed by atoms with E-state index >= 15 is 0 Å². The van der Waals surface area contributed by atoms with Crippen molar-refractivity contribution in [2.45, 2.75) is 19.3 Å². The Morgan fingerprint density at radius 1 is 1.14 bits per heavy atom. The van der Waals surface area contributed by atoms with E-state index in [1.165, 1.54) is 24.9 Å². The molecule has 0 aliphatic carbocycles. The molecule has 1 aromatic carbocycles. The maximum atomic E-state index is 5.84. The lowest BCUT2D eigenvalue weighted by atomic mass is 10.1. The van der Waals surface area contributed by atoms with E-state index in [1.54, 1.807) is 0 Å². The molecule has 0 bridgehead atoms. The molecular formula is C11H18N3+. The number of hydrogen-bond donors (Lipinski definition) is 2. The van der Waals surface area contributed by atoms with E-state index in [9.17, 15) is 0 Å². The van der Waals surface area contributed by atoms with Crippen molar-refractivity contribution in [3.63, 3.8) is 0 Å². The Bertz CT molecular complexity index is 316. The first-order valence-electron chi connectivity index (χ1n) is 5.24. The maximum Gasteiger partial charge on any atom is 0.151 e. The van der Waals surface area contributed by atoms with Crippen LogP contribution in [0.4, 0.5) is 17.1 Å². The van der Waals surface area contributed by atoms with Gasteiger partial charge in [-0.25, -0.2) is 0 Å². The molecule has 0 saturated carbocycles. The lowest BCUT2D eigenvalue weighted by molar-refractivity contribution is -0.253. The van der Waals surface area contributed by atoms with Crippen molar-refractivity contribution in [1.29, 1.82) is 0 Å². The molecule has 1 aromatic rings. The minimum Gasteiger partial charge on any atom is -0.394 e. The zero-order valence-corrected chi connectivity index (χ0v) is 8.50. The normalized spacial score (nSPS) is 17.1. The molecule has 0 spiro atoms. The number of benzene rings is 1. The molecule has 0 atom stereocenters. The minimum atomic E-state index is 0.799. The lowest BCUT2D eigenvalue weighted by Gasteiger charge is -2.28. The Morgan fingerprint density at radius 2 is 1.86 bits per heavy atom. The van der Waals surface area contributed by atoms with Crippen LogP contribution in [0.25, 0.3) is 0 Å². The second kappa shape index (κ2) is 3.88. The molecule has 1 aliphatic heterocycles. The number of anilines is 2. The fraction of sp³-hybridized carbons (Fsp3) is 0.455. The molecule has 3 nitrogen and oxygen atoms in total. The van der Waals surface area contributed by atoms with Crippen LogP contribution in [0.2, 0.25) is 0 Å². The summed E-state index contributed by atoms with van der Waals surface area (Å²) < 4.78 is 0. The van der Waals surface area contributed by atoms with E-state index < -0.39 is 0 Å². The van der Waals surface area contributed by atoms with Crippen LogP contribution in [0.15, 0.2) is 18.2 Å². The van der Waals surface area contributed by atoms with Crippen LogP contribution in [0.3, 0.4) is 0 Å². The predicted molar refractivity (Wildman–Crippen MR) is 59.5 cm³/mol. The standard InChI is InChI=1S/C11H17N3/c12-10-5-4-9(8-11(10)13)14-6-2-1-3-7-14/h4-5,8H,1-3,6-7,12-13H2/p+1. The van der Waals surface area contributed by atoms with Gasteiger partial charge < -0.3 is 16.4 Å². The Kier molecular flexibility index (Phi) is 2.59. The van der Waals surface area contributed by atoms with Gasteiger partial charge in [0.1, 0.15) is 0 Å². The number of piperidine rings is 1. The zero-order valence-electron chi connectivity index (χ0n) is 8.50. The summed E-state index contributed by atoms with van der Waals surface area (Å²) in [6.45, 7) is 2.33. The Labute approximate surface area is 84.7 Å². The summed E-state index contributed by atoms with van der Waals surface area (Å²) in [5.74, 6) is 0. The third kappa shape index (κ3) is 1.82. The van der Waals surface area contributed by atoms with E-state index in [4.69, 9.17) is 5.73 Å². The SMILES string of the molecule is Nc1cc(N2CCCCC2)ccc1[NH3+]. The summed E-state index contributed by atoms with van der Waals surface area (Å²) in [6, 6.07) is 6.15. The molecule has 2 rings (SSSR count). The van der Waals surface area contributed by atoms with Crippen LogP contribution < -0.4 is 16.4 Å². The first kappa shape index (κ1) is 9.34. The van der Waals surface area contributed by atoms with Crippen LogP contribution in [-0.4, -0.2) is 13.1 Å². The quantitative estimate of drug-likeness (QED) is 0.655. The molecule has 1 heterocycles. The number of nitrogens with two attached hydrogens (primary N) is 1. The maximum absolute atomic E-state index is 5.84. The van der Waals surface area contributed by atoms with E-state index in [0.29, 0.717) is 0 Å². The van der Waals surface area contributed by atoms with Crippen molar-refractivity contribution in [2.24, 2.45) is 0 Å². The largest absolute Gasteiger partial charge is 0.394 e. The van der Waals surface area contributed by atoms with Crippen LogP contribution >= 0.6 is 0 Å². The van der Waals surface area contributed by atoms with E-state index in [2.05, 4.69) is 16.7 Å². The summed E-state index contributed by atoms with van der Waals surface area (Å²) in [6.07, 6.45) is 3.96. The van der Waals surface area contributed by atoms with E-state index in [1.807, 2.05) is 12.1 Å². The summed E-state index contributed by atoms with van der Waals surface area (Å²) in [5, 5.41) is 0. The molecule has 1 saturated heterocycles. The molecule has 1 aliphatic rings. The highest BCUT2D eigenvalue weighted by Gasteiger charge is 2.11. The molecule has 0 radical (unpaired) electrons. The molecule has 0 unspecified atom stereocenters. The average molecular weight is 192 g/mol. The van der Waals surface area contributed by atoms with Crippen molar-refractivity contribution in [3.8, 4) is 0 Å². The van der Waals surface area contributed by atoms with Crippen LogP contribution in [0.1, 0.15) is 19.3 Å². The van der Waals surface area contributed by atoms with Gasteiger partial charge in [-0.15, -0.1) is 0 Å². The van der Waals surface area contributed by atoms with Gasteiger partial charge in [-0.2, -0.15) is 0 Å². The Hall–Kier alpha value is -1.22. The van der Waals surface area contributed by atoms with Crippen molar-refractivity contribution in [1.82, 2.24) is 0 Å². The molecule has 5 N–H and O–H groups in total. The van der Waals surface area contributed by atoms with Crippen LogP contribution in [-0.2, 0) is 0 Å². The van der Waals surface area contributed by atoms with Crippen molar-refractivity contribution < 1.29 is 5.73 Å². The minimum absolute atomic E-state index is 0.799. The monoisotopic (exact) mass is 192 g/mol. The van der Waals surface area contributed by atoms with Gasteiger partial charge in [0.25, 0.3) is 0 Å². The second-order valence-electron chi connectivity index (χ2n) is 3.93. The fourth-order valence-corrected chi connectivity index (χ4v) is 1.93. The number of nitrogen functional groups attached to an aromatic ring is 1. The van der Waals surface area contributed by atoms with Crippen LogP contribution in [0.5, 0.6) is 0 Å². The Balaban J connectivity index is 2.18. The van der Waals surface area contributed by atoms with E-state index in [-0.39, 0.29) is 0 Å². The van der Waals surface area contributed by atoms with Gasteiger partial charge in [-0.05, 0) is 31.4 Å². The molecule has 0 amide bonds. The summed E-state index contributed by atoms with van der Waals surface area (Å²) in [4.78, 5) is 2.40. The number of quaternary nitrogens is 1. The summed E-state index contributed by atoms with van der Waals surface area (Å²) in [7, 11) is 0. The Morgan fingerprint density at radius 3 is 2.50 bits per heavy atom. The number of rotatable bonds is 1. The van der Waals surface area contributed by atoms with Gasteiger partial charge in [0, 0.05) is 24.8 Å². The van der Waals surface area contributed by atoms with Gasteiger partial charge >= 0.3 is 0 Å². The molecule has 3 heteroatoms. The molecule has 76 valence electrons. The third-order valence-corrected chi connectivity index (χ3v) is 2.85. The third-order valence-electron chi connectivity index (χ3n) is 2.85. The summed E-state index contributed by atoms with van der Waals surface area (Å²) >= 11 is 0. The number of nitrogens with zero attached hydrogens (tertiary/aromatic N) is 1. The van der Waals surface area contributed by atoms with Gasteiger partial charge in [-0.1, -0.05) is 0 Å². The number of hydrogen-bond acceptors (Lipinski definition) is 2. The summed E-state index contributed by atoms with van der Waals surface area (Å²) in [5.41, 5.74) is 12.7. The van der Waals surface area contributed by atoms with Gasteiger partial charge in [0.15, 0.2) is 5.69 Å². The highest BCUT2D eigenvalue weighted by atomic mass is 15.1. The topological polar surface area (TPSA) is 56.9 Å². The average Bonchev–Trinajstić information content (AvgIpc) is 2.23. The van der Waals surface area contributed by atoms with Crippen molar-refractivity contribution in [2.75, 3.05) is 23.7 Å². The fourth-order valence-electron chi connectivity index (χ4n) is 1.93. The second-order valence-corrected chi connectivity index (χ2v) is 3.93. The van der Waals surface area contributed by atoms with E-state index in [0.717, 1.165) is 24.5 Å².